The first-order chi connectivity index (χ1) is 7.81. The molecule has 1 aromatic heterocycles. The van der Waals surface area contributed by atoms with E-state index in [1.54, 1.807) is 7.11 Å². The molecule has 0 fully saturated rings. The molecular formula is C12H11FN2O. The van der Waals surface area contributed by atoms with E-state index < -0.39 is 5.82 Å². The topological polar surface area (TPSA) is 35.0 Å². The molecular weight excluding hydrogens is 207 g/mol. The quantitative estimate of drug-likeness (QED) is 0.793. The van der Waals surface area contributed by atoms with Crippen LogP contribution in [0.3, 0.4) is 0 Å². The number of aromatic nitrogens is 2. The molecule has 0 unspecified atom stereocenters. The molecule has 0 amide bonds. The molecule has 0 saturated heterocycles. The van der Waals surface area contributed by atoms with Gasteiger partial charge in [-0.3, -0.25) is 0 Å². The molecule has 0 N–H and O–H groups in total. The number of ether oxygens (including phenoxy) is 1. The zero-order chi connectivity index (χ0) is 11.4. The van der Waals surface area contributed by atoms with Gasteiger partial charge in [0.2, 0.25) is 0 Å². The smallest absolute Gasteiger partial charge is 0.167 e. The van der Waals surface area contributed by atoms with Crippen LogP contribution in [0.25, 0.3) is 11.3 Å². The van der Waals surface area contributed by atoms with Crippen molar-refractivity contribution < 1.29 is 9.13 Å². The standard InChI is InChI=1S/C12H11FN2O/c1-16-7-9-2-4-10(5-3-9)12-11(13)6-14-8-15-12/h2-6,8H,7H2,1H3. The fraction of sp³-hybridized carbons (Fsp3) is 0.167. The molecule has 0 radical (unpaired) electrons. The highest BCUT2D eigenvalue weighted by Crippen LogP contribution is 2.19. The summed E-state index contributed by atoms with van der Waals surface area (Å²) in [5.41, 5.74) is 2.10. The molecule has 0 bridgehead atoms. The molecule has 0 spiro atoms. The number of rotatable bonds is 3. The second-order valence-corrected chi connectivity index (χ2v) is 3.35. The average molecular weight is 218 g/mol. The van der Waals surface area contributed by atoms with Gasteiger partial charge in [-0.15, -0.1) is 0 Å². The largest absolute Gasteiger partial charge is 0.380 e. The van der Waals surface area contributed by atoms with Crippen LogP contribution in [0.5, 0.6) is 0 Å². The predicted molar refractivity (Wildman–Crippen MR) is 58.1 cm³/mol. The fourth-order valence-electron chi connectivity index (χ4n) is 1.45. The average Bonchev–Trinajstić information content (AvgIpc) is 2.31. The monoisotopic (exact) mass is 218 g/mol. The summed E-state index contributed by atoms with van der Waals surface area (Å²) in [6.45, 7) is 0.548. The molecule has 3 nitrogen and oxygen atoms in total. The van der Waals surface area contributed by atoms with E-state index in [1.165, 1.54) is 6.33 Å². The summed E-state index contributed by atoms with van der Waals surface area (Å²) in [5.74, 6) is -0.415. The molecule has 1 heterocycles. The van der Waals surface area contributed by atoms with Crippen molar-refractivity contribution in [2.45, 2.75) is 6.61 Å². The Bertz CT molecular complexity index is 471. The van der Waals surface area contributed by atoms with E-state index in [2.05, 4.69) is 9.97 Å². The van der Waals surface area contributed by atoms with Crippen molar-refractivity contribution in [2.75, 3.05) is 7.11 Å². The van der Waals surface area contributed by atoms with Gasteiger partial charge in [0.1, 0.15) is 12.0 Å². The predicted octanol–water partition coefficient (Wildman–Crippen LogP) is 2.43. The summed E-state index contributed by atoms with van der Waals surface area (Å²) in [4.78, 5) is 7.52. The van der Waals surface area contributed by atoms with Gasteiger partial charge in [0.05, 0.1) is 12.8 Å². The summed E-state index contributed by atoms with van der Waals surface area (Å²) in [5, 5.41) is 0. The van der Waals surface area contributed by atoms with Crippen LogP contribution in [0.2, 0.25) is 0 Å². The second-order valence-electron chi connectivity index (χ2n) is 3.35. The first kappa shape index (κ1) is 10.7. The number of nitrogens with zero attached hydrogens (tertiary/aromatic N) is 2. The Morgan fingerprint density at radius 2 is 2.00 bits per heavy atom. The molecule has 0 aliphatic rings. The van der Waals surface area contributed by atoms with E-state index in [-0.39, 0.29) is 0 Å². The van der Waals surface area contributed by atoms with Crippen molar-refractivity contribution in [1.29, 1.82) is 0 Å². The molecule has 16 heavy (non-hydrogen) atoms. The number of hydrogen-bond donors (Lipinski definition) is 0. The van der Waals surface area contributed by atoms with Crippen LogP contribution in [-0.4, -0.2) is 17.1 Å². The van der Waals surface area contributed by atoms with Crippen molar-refractivity contribution in [2.24, 2.45) is 0 Å². The third-order valence-corrected chi connectivity index (χ3v) is 2.21. The number of halogens is 1. The zero-order valence-electron chi connectivity index (χ0n) is 8.85. The third-order valence-electron chi connectivity index (χ3n) is 2.21. The Labute approximate surface area is 92.9 Å². The van der Waals surface area contributed by atoms with Crippen LogP contribution in [0.15, 0.2) is 36.8 Å². The normalized spacial score (nSPS) is 10.4. The molecule has 4 heteroatoms. The Morgan fingerprint density at radius 1 is 1.25 bits per heavy atom. The van der Waals surface area contributed by atoms with E-state index in [0.29, 0.717) is 12.3 Å². The Hall–Kier alpha value is -1.81. The van der Waals surface area contributed by atoms with Crippen LogP contribution >= 0.6 is 0 Å². The summed E-state index contributed by atoms with van der Waals surface area (Å²) >= 11 is 0. The van der Waals surface area contributed by atoms with Crippen LogP contribution in [0.4, 0.5) is 4.39 Å². The summed E-state index contributed by atoms with van der Waals surface area (Å²) < 4.78 is 18.4. The zero-order valence-corrected chi connectivity index (χ0v) is 8.85. The van der Waals surface area contributed by atoms with Gasteiger partial charge in [-0.25, -0.2) is 14.4 Å². The van der Waals surface area contributed by atoms with Gasteiger partial charge in [-0.05, 0) is 5.56 Å². The SMILES string of the molecule is COCc1ccc(-c2ncncc2F)cc1. The number of benzene rings is 1. The maximum absolute atomic E-state index is 13.4. The summed E-state index contributed by atoms with van der Waals surface area (Å²) in [6, 6.07) is 7.42. The number of methoxy groups -OCH3 is 1. The van der Waals surface area contributed by atoms with Crippen molar-refractivity contribution in [1.82, 2.24) is 9.97 Å². The minimum absolute atomic E-state index is 0.318. The van der Waals surface area contributed by atoms with Gasteiger partial charge in [0.15, 0.2) is 5.82 Å². The maximum atomic E-state index is 13.4. The highest BCUT2D eigenvalue weighted by atomic mass is 19.1. The molecule has 1 aromatic carbocycles. The molecule has 2 rings (SSSR count). The van der Waals surface area contributed by atoms with Crippen LogP contribution in [-0.2, 0) is 11.3 Å². The molecule has 0 aliphatic heterocycles. The van der Waals surface area contributed by atoms with E-state index >= 15 is 0 Å². The van der Waals surface area contributed by atoms with Crippen molar-refractivity contribution in [3.8, 4) is 11.3 Å². The second kappa shape index (κ2) is 4.81. The van der Waals surface area contributed by atoms with E-state index in [0.717, 1.165) is 17.3 Å². The maximum Gasteiger partial charge on any atom is 0.167 e. The van der Waals surface area contributed by atoms with Crippen LogP contribution < -0.4 is 0 Å². The highest BCUT2D eigenvalue weighted by Gasteiger charge is 2.05. The van der Waals surface area contributed by atoms with Gasteiger partial charge in [0.25, 0.3) is 0 Å². The Balaban J connectivity index is 2.31. The van der Waals surface area contributed by atoms with Gasteiger partial charge < -0.3 is 4.74 Å². The third kappa shape index (κ3) is 2.23. The first-order valence-corrected chi connectivity index (χ1v) is 4.85. The molecule has 0 atom stereocenters. The van der Waals surface area contributed by atoms with Crippen molar-refractivity contribution in [3.05, 3.63) is 48.2 Å². The van der Waals surface area contributed by atoms with Crippen molar-refractivity contribution >= 4 is 0 Å². The minimum Gasteiger partial charge on any atom is -0.380 e. The first-order valence-electron chi connectivity index (χ1n) is 4.85. The molecule has 0 aliphatic carbocycles. The summed E-state index contributed by atoms with van der Waals surface area (Å²) in [7, 11) is 1.64. The number of hydrogen-bond acceptors (Lipinski definition) is 3. The lowest BCUT2D eigenvalue weighted by Crippen LogP contribution is -1.91. The van der Waals surface area contributed by atoms with Gasteiger partial charge in [0, 0.05) is 12.7 Å². The summed E-state index contributed by atoms with van der Waals surface area (Å²) in [6.07, 6.45) is 2.49. The fourth-order valence-corrected chi connectivity index (χ4v) is 1.45. The van der Waals surface area contributed by atoms with E-state index in [4.69, 9.17) is 4.74 Å². The van der Waals surface area contributed by atoms with Gasteiger partial charge in [-0.1, -0.05) is 24.3 Å². The lowest BCUT2D eigenvalue weighted by atomic mass is 10.1. The lowest BCUT2D eigenvalue weighted by molar-refractivity contribution is 0.185. The van der Waals surface area contributed by atoms with E-state index in [1.807, 2.05) is 24.3 Å². The molecule has 0 saturated carbocycles. The van der Waals surface area contributed by atoms with Gasteiger partial charge >= 0.3 is 0 Å². The molecule has 82 valence electrons. The van der Waals surface area contributed by atoms with E-state index in [9.17, 15) is 4.39 Å². The van der Waals surface area contributed by atoms with Crippen LogP contribution in [0.1, 0.15) is 5.56 Å². The lowest BCUT2D eigenvalue weighted by Gasteiger charge is -2.03. The highest BCUT2D eigenvalue weighted by molar-refractivity contribution is 5.59. The van der Waals surface area contributed by atoms with Crippen LogP contribution in [0, 0.1) is 5.82 Å². The minimum atomic E-state index is -0.415. The Morgan fingerprint density at radius 3 is 2.62 bits per heavy atom. The van der Waals surface area contributed by atoms with Gasteiger partial charge in [-0.2, -0.15) is 0 Å². The molecule has 2 aromatic rings. The Kier molecular flexibility index (Phi) is 3.22. The van der Waals surface area contributed by atoms with Crippen molar-refractivity contribution in [3.63, 3.8) is 0 Å².